The van der Waals surface area contributed by atoms with E-state index in [0.29, 0.717) is 13.1 Å². The summed E-state index contributed by atoms with van der Waals surface area (Å²) in [6.45, 7) is 3.57. The summed E-state index contributed by atoms with van der Waals surface area (Å²) in [5, 5.41) is 2.77. The molecule has 1 aliphatic heterocycles. The fourth-order valence-electron chi connectivity index (χ4n) is 1.54. The highest BCUT2D eigenvalue weighted by Crippen LogP contribution is 2.17. The van der Waals surface area contributed by atoms with Crippen LogP contribution in [0.25, 0.3) is 0 Å². The van der Waals surface area contributed by atoms with Crippen molar-refractivity contribution < 1.29 is 9.59 Å². The van der Waals surface area contributed by atoms with E-state index in [-0.39, 0.29) is 23.2 Å². The molecule has 0 aromatic heterocycles. The Morgan fingerprint density at radius 1 is 1.67 bits per heavy atom. The largest absolute Gasteiger partial charge is 0.355 e. The van der Waals surface area contributed by atoms with Gasteiger partial charge in [0, 0.05) is 13.1 Å². The fraction of sp³-hybridized carbons (Fsp3) is 0.800. The van der Waals surface area contributed by atoms with E-state index in [1.165, 1.54) is 0 Å². The maximum absolute atomic E-state index is 11.6. The van der Waals surface area contributed by atoms with E-state index < -0.39 is 0 Å². The molecule has 0 radical (unpaired) electrons. The van der Waals surface area contributed by atoms with E-state index in [9.17, 15) is 9.59 Å². The molecule has 0 saturated carbocycles. The first kappa shape index (κ1) is 12.5. The highest BCUT2D eigenvalue weighted by molar-refractivity contribution is 9.10. The minimum atomic E-state index is -0.106. The van der Waals surface area contributed by atoms with Crippen LogP contribution in [0.15, 0.2) is 0 Å². The second kappa shape index (κ2) is 6.10. The molecule has 1 rings (SSSR count). The van der Waals surface area contributed by atoms with E-state index >= 15 is 0 Å². The third-order valence-electron chi connectivity index (χ3n) is 2.37. The maximum Gasteiger partial charge on any atom is 0.239 e. The maximum atomic E-state index is 11.6. The van der Waals surface area contributed by atoms with Crippen molar-refractivity contribution in [3.63, 3.8) is 0 Å². The van der Waals surface area contributed by atoms with Gasteiger partial charge in [0.05, 0.1) is 11.4 Å². The van der Waals surface area contributed by atoms with Crippen molar-refractivity contribution in [2.24, 2.45) is 0 Å². The molecule has 1 atom stereocenters. The molecule has 0 aromatic carbocycles. The quantitative estimate of drug-likeness (QED) is 0.776. The zero-order valence-electron chi connectivity index (χ0n) is 8.96. The number of hydrogen-bond acceptors (Lipinski definition) is 2. The zero-order chi connectivity index (χ0) is 11.3. The number of alkyl halides is 1. The molecule has 86 valence electrons. The molecule has 15 heavy (non-hydrogen) atoms. The van der Waals surface area contributed by atoms with Crippen LogP contribution in [-0.4, -0.2) is 41.2 Å². The van der Waals surface area contributed by atoms with Crippen LogP contribution in [0.3, 0.4) is 0 Å². The Labute approximate surface area is 98.5 Å². The zero-order valence-corrected chi connectivity index (χ0v) is 10.5. The number of nitrogens with zero attached hydrogens (tertiary/aromatic N) is 1. The minimum absolute atomic E-state index is 0.0351. The summed E-state index contributed by atoms with van der Waals surface area (Å²) in [7, 11) is 0. The molecule has 2 amide bonds. The number of halogens is 1. The molecule has 1 N–H and O–H groups in total. The summed E-state index contributed by atoms with van der Waals surface area (Å²) in [6.07, 6.45) is 2.75. The first-order valence-electron chi connectivity index (χ1n) is 5.34. The molecular weight excluding hydrogens is 260 g/mol. The summed E-state index contributed by atoms with van der Waals surface area (Å²) in [5.41, 5.74) is 0. The van der Waals surface area contributed by atoms with Crippen molar-refractivity contribution in [3.8, 4) is 0 Å². The Balaban J connectivity index is 2.36. The molecule has 0 bridgehead atoms. The molecule has 0 aliphatic carbocycles. The van der Waals surface area contributed by atoms with Gasteiger partial charge in [0.1, 0.15) is 0 Å². The second-order valence-electron chi connectivity index (χ2n) is 3.72. The van der Waals surface area contributed by atoms with Gasteiger partial charge in [-0.3, -0.25) is 9.59 Å². The van der Waals surface area contributed by atoms with Gasteiger partial charge in [-0.2, -0.15) is 0 Å². The van der Waals surface area contributed by atoms with E-state index in [0.717, 1.165) is 19.3 Å². The minimum Gasteiger partial charge on any atom is -0.355 e. The lowest BCUT2D eigenvalue weighted by Gasteiger charge is -2.29. The van der Waals surface area contributed by atoms with Crippen molar-refractivity contribution in [2.45, 2.75) is 31.0 Å². The van der Waals surface area contributed by atoms with E-state index in [1.54, 1.807) is 4.90 Å². The molecule has 1 heterocycles. The number of likely N-dealkylation sites (tertiary alicyclic amines) is 1. The van der Waals surface area contributed by atoms with Gasteiger partial charge in [0.15, 0.2) is 0 Å². The summed E-state index contributed by atoms with van der Waals surface area (Å²) >= 11 is 3.31. The Morgan fingerprint density at radius 2 is 2.40 bits per heavy atom. The van der Waals surface area contributed by atoms with Gasteiger partial charge < -0.3 is 10.2 Å². The lowest BCUT2D eigenvalue weighted by Crippen LogP contribution is -2.46. The van der Waals surface area contributed by atoms with Crippen LogP contribution in [0, 0.1) is 0 Å². The van der Waals surface area contributed by atoms with Crippen LogP contribution >= 0.6 is 15.9 Å². The fourth-order valence-corrected chi connectivity index (χ4v) is 2.16. The Bertz CT molecular complexity index is 246. The Hall–Kier alpha value is -0.580. The van der Waals surface area contributed by atoms with Crippen molar-refractivity contribution in [3.05, 3.63) is 0 Å². The molecule has 1 saturated heterocycles. The Kier molecular flexibility index (Phi) is 5.08. The summed E-state index contributed by atoms with van der Waals surface area (Å²) in [4.78, 5) is 24.5. The number of amides is 2. The second-order valence-corrected chi connectivity index (χ2v) is 4.82. The predicted octanol–water partition coefficient (Wildman–Crippen LogP) is 0.898. The van der Waals surface area contributed by atoms with Crippen LogP contribution in [0.2, 0.25) is 0 Å². The van der Waals surface area contributed by atoms with E-state index in [1.807, 2.05) is 6.92 Å². The standard InChI is InChI=1S/C10H17BrN2O2/c1-2-5-12-9(14)7-13-6-3-4-8(11)10(13)15/h8H,2-7H2,1H3,(H,12,14). The van der Waals surface area contributed by atoms with Gasteiger partial charge in [-0.25, -0.2) is 0 Å². The van der Waals surface area contributed by atoms with Crippen LogP contribution < -0.4 is 5.32 Å². The first-order valence-corrected chi connectivity index (χ1v) is 6.26. The van der Waals surface area contributed by atoms with Gasteiger partial charge in [-0.1, -0.05) is 22.9 Å². The third kappa shape index (κ3) is 3.81. The number of hydrogen-bond donors (Lipinski definition) is 1. The van der Waals surface area contributed by atoms with Crippen molar-refractivity contribution in [1.29, 1.82) is 0 Å². The van der Waals surface area contributed by atoms with Gasteiger partial charge in [0.2, 0.25) is 11.8 Å². The average Bonchev–Trinajstić information content (AvgIpc) is 2.22. The molecule has 4 nitrogen and oxygen atoms in total. The smallest absolute Gasteiger partial charge is 0.239 e. The van der Waals surface area contributed by atoms with Gasteiger partial charge >= 0.3 is 0 Å². The monoisotopic (exact) mass is 276 g/mol. The number of nitrogens with one attached hydrogen (secondary N) is 1. The third-order valence-corrected chi connectivity index (χ3v) is 3.22. The van der Waals surface area contributed by atoms with Gasteiger partial charge in [0.25, 0.3) is 0 Å². The molecule has 0 aromatic rings. The highest BCUT2D eigenvalue weighted by Gasteiger charge is 2.27. The lowest BCUT2D eigenvalue weighted by atomic mass is 10.1. The van der Waals surface area contributed by atoms with Gasteiger partial charge in [-0.15, -0.1) is 0 Å². The number of piperidine rings is 1. The first-order chi connectivity index (χ1) is 7.15. The van der Waals surface area contributed by atoms with Crippen LogP contribution in [0.5, 0.6) is 0 Å². The molecular formula is C10H17BrN2O2. The van der Waals surface area contributed by atoms with Crippen LogP contribution in [-0.2, 0) is 9.59 Å². The molecule has 1 fully saturated rings. The number of carbonyl (C=O) groups is 2. The average molecular weight is 277 g/mol. The SMILES string of the molecule is CCCNC(=O)CN1CCCC(Br)C1=O. The number of rotatable bonds is 4. The lowest BCUT2D eigenvalue weighted by molar-refractivity contribution is -0.137. The molecule has 1 aliphatic rings. The number of carbonyl (C=O) groups excluding carboxylic acids is 2. The van der Waals surface area contributed by atoms with Crippen molar-refractivity contribution in [1.82, 2.24) is 10.2 Å². The van der Waals surface area contributed by atoms with Crippen LogP contribution in [0.4, 0.5) is 0 Å². The summed E-state index contributed by atoms with van der Waals surface area (Å²) in [6, 6.07) is 0. The van der Waals surface area contributed by atoms with Crippen LogP contribution in [0.1, 0.15) is 26.2 Å². The topological polar surface area (TPSA) is 49.4 Å². The summed E-state index contributed by atoms with van der Waals surface area (Å²) < 4.78 is 0. The van der Waals surface area contributed by atoms with Gasteiger partial charge in [-0.05, 0) is 19.3 Å². The molecule has 0 spiro atoms. The predicted molar refractivity (Wildman–Crippen MR) is 61.8 cm³/mol. The Morgan fingerprint density at radius 3 is 3.07 bits per heavy atom. The summed E-state index contributed by atoms with van der Waals surface area (Å²) in [5.74, 6) is -0.0281. The van der Waals surface area contributed by atoms with Crippen molar-refractivity contribution in [2.75, 3.05) is 19.6 Å². The van der Waals surface area contributed by atoms with E-state index in [2.05, 4.69) is 21.2 Å². The molecule has 5 heteroatoms. The molecule has 1 unspecified atom stereocenters. The van der Waals surface area contributed by atoms with E-state index in [4.69, 9.17) is 0 Å². The highest BCUT2D eigenvalue weighted by atomic mass is 79.9. The van der Waals surface area contributed by atoms with Crippen molar-refractivity contribution >= 4 is 27.7 Å². The normalized spacial score (nSPS) is 21.6.